The SMILES string of the molecule is Cc1ccc(S(=O)(=O)N[C@@H](C)C(=O)NC(C)c2nc(-c3ccncc3)cs2)cc1. The number of amides is 1. The van der Waals surface area contributed by atoms with E-state index < -0.39 is 22.0 Å². The first-order chi connectivity index (χ1) is 13.8. The Labute approximate surface area is 174 Å². The highest BCUT2D eigenvalue weighted by molar-refractivity contribution is 7.89. The highest BCUT2D eigenvalue weighted by Gasteiger charge is 2.24. The van der Waals surface area contributed by atoms with E-state index in [9.17, 15) is 13.2 Å². The number of hydrogen-bond acceptors (Lipinski definition) is 6. The van der Waals surface area contributed by atoms with Crippen LogP contribution in [0.1, 0.15) is 30.5 Å². The first-order valence-corrected chi connectivity index (χ1v) is 11.4. The van der Waals surface area contributed by atoms with Gasteiger partial charge in [0.25, 0.3) is 0 Å². The van der Waals surface area contributed by atoms with Gasteiger partial charge in [-0.25, -0.2) is 13.4 Å². The third-order valence-corrected chi connectivity index (χ3v) is 6.87. The standard InChI is InChI=1S/C20H22N4O3S2/c1-13-4-6-17(7-5-13)29(26,27)24-14(2)19(25)22-15(3)20-23-18(12-28-20)16-8-10-21-11-9-16/h4-12,14-15,24H,1-3H3,(H,22,25)/t14-,15?/m0/s1. The van der Waals surface area contributed by atoms with Crippen molar-refractivity contribution >= 4 is 27.3 Å². The smallest absolute Gasteiger partial charge is 0.241 e. The first-order valence-electron chi connectivity index (χ1n) is 9.01. The summed E-state index contributed by atoms with van der Waals surface area (Å²) in [6.45, 7) is 5.20. The van der Waals surface area contributed by atoms with Crippen LogP contribution in [0.2, 0.25) is 0 Å². The van der Waals surface area contributed by atoms with Crippen molar-refractivity contribution in [2.45, 2.75) is 37.8 Å². The molecule has 7 nitrogen and oxygen atoms in total. The van der Waals surface area contributed by atoms with Crippen molar-refractivity contribution in [3.05, 3.63) is 64.7 Å². The Morgan fingerprint density at radius 1 is 1.07 bits per heavy atom. The number of carbonyl (C=O) groups is 1. The van der Waals surface area contributed by atoms with E-state index in [0.29, 0.717) is 0 Å². The van der Waals surface area contributed by atoms with Gasteiger partial charge in [0.2, 0.25) is 15.9 Å². The molecule has 3 rings (SSSR count). The summed E-state index contributed by atoms with van der Waals surface area (Å²) < 4.78 is 27.4. The lowest BCUT2D eigenvalue weighted by molar-refractivity contribution is -0.123. The van der Waals surface area contributed by atoms with Crippen LogP contribution in [0.15, 0.2) is 59.1 Å². The molecule has 0 saturated carbocycles. The summed E-state index contributed by atoms with van der Waals surface area (Å²) in [6.07, 6.45) is 3.39. The van der Waals surface area contributed by atoms with E-state index in [2.05, 4.69) is 20.0 Å². The molecule has 3 aromatic rings. The lowest BCUT2D eigenvalue weighted by Crippen LogP contribution is -2.45. The normalized spacial score (nSPS) is 13.6. The third kappa shape index (κ3) is 5.26. The molecule has 2 atom stereocenters. The molecule has 1 aromatic carbocycles. The van der Waals surface area contributed by atoms with Gasteiger partial charge < -0.3 is 5.32 Å². The fraction of sp³-hybridized carbons (Fsp3) is 0.250. The van der Waals surface area contributed by atoms with Crippen molar-refractivity contribution in [3.63, 3.8) is 0 Å². The Hall–Kier alpha value is -2.62. The lowest BCUT2D eigenvalue weighted by Gasteiger charge is -2.17. The highest BCUT2D eigenvalue weighted by atomic mass is 32.2. The molecule has 0 radical (unpaired) electrons. The minimum Gasteiger partial charge on any atom is -0.346 e. The van der Waals surface area contributed by atoms with E-state index in [1.807, 2.05) is 31.4 Å². The monoisotopic (exact) mass is 430 g/mol. The number of aromatic nitrogens is 2. The molecule has 0 saturated heterocycles. The number of nitrogens with one attached hydrogen (secondary N) is 2. The molecule has 2 heterocycles. The number of thiazole rings is 1. The van der Waals surface area contributed by atoms with Crippen LogP contribution < -0.4 is 10.0 Å². The van der Waals surface area contributed by atoms with Crippen molar-refractivity contribution in [1.29, 1.82) is 0 Å². The summed E-state index contributed by atoms with van der Waals surface area (Å²) >= 11 is 1.43. The van der Waals surface area contributed by atoms with Crippen LogP contribution in [0.3, 0.4) is 0 Å². The van der Waals surface area contributed by atoms with Crippen molar-refractivity contribution in [2.75, 3.05) is 0 Å². The Morgan fingerprint density at radius 2 is 1.72 bits per heavy atom. The zero-order valence-electron chi connectivity index (χ0n) is 16.3. The Balaban J connectivity index is 1.63. The van der Waals surface area contributed by atoms with Crippen LogP contribution in [0.4, 0.5) is 0 Å². The quantitative estimate of drug-likeness (QED) is 0.600. The van der Waals surface area contributed by atoms with E-state index in [-0.39, 0.29) is 10.9 Å². The van der Waals surface area contributed by atoms with Crippen LogP contribution in [-0.2, 0) is 14.8 Å². The minimum absolute atomic E-state index is 0.123. The van der Waals surface area contributed by atoms with E-state index in [4.69, 9.17) is 0 Å². The second kappa shape index (κ2) is 8.81. The number of pyridine rings is 1. The van der Waals surface area contributed by atoms with Crippen LogP contribution >= 0.6 is 11.3 Å². The molecule has 0 aliphatic heterocycles. The Morgan fingerprint density at radius 3 is 2.38 bits per heavy atom. The topological polar surface area (TPSA) is 101 Å². The zero-order chi connectivity index (χ0) is 21.0. The van der Waals surface area contributed by atoms with Gasteiger partial charge in [-0.05, 0) is 45.0 Å². The van der Waals surface area contributed by atoms with Gasteiger partial charge in [-0.3, -0.25) is 9.78 Å². The van der Waals surface area contributed by atoms with Gasteiger partial charge in [0.05, 0.1) is 22.7 Å². The molecule has 1 unspecified atom stereocenters. The summed E-state index contributed by atoms with van der Waals surface area (Å²) in [5.41, 5.74) is 2.71. The molecular weight excluding hydrogens is 408 g/mol. The van der Waals surface area contributed by atoms with Gasteiger partial charge >= 0.3 is 0 Å². The number of carbonyl (C=O) groups excluding carboxylic acids is 1. The summed E-state index contributed by atoms with van der Waals surface area (Å²) in [4.78, 5) is 21.2. The molecule has 2 N–H and O–H groups in total. The van der Waals surface area contributed by atoms with Gasteiger partial charge in [-0.2, -0.15) is 4.72 Å². The first kappa shape index (κ1) is 21.1. The average Bonchev–Trinajstić information content (AvgIpc) is 3.19. The molecule has 2 aromatic heterocycles. The fourth-order valence-electron chi connectivity index (χ4n) is 2.61. The van der Waals surface area contributed by atoms with Crippen LogP contribution in [0, 0.1) is 6.92 Å². The number of sulfonamides is 1. The van der Waals surface area contributed by atoms with Crippen molar-refractivity contribution in [3.8, 4) is 11.3 Å². The molecular formula is C20H22N4O3S2. The van der Waals surface area contributed by atoms with E-state index in [1.54, 1.807) is 24.5 Å². The molecule has 0 spiro atoms. The van der Waals surface area contributed by atoms with Crippen LogP contribution in [0.5, 0.6) is 0 Å². The maximum Gasteiger partial charge on any atom is 0.241 e. The van der Waals surface area contributed by atoms with Crippen molar-refractivity contribution in [2.24, 2.45) is 0 Å². The highest BCUT2D eigenvalue weighted by Crippen LogP contribution is 2.25. The number of benzene rings is 1. The molecule has 9 heteroatoms. The number of aryl methyl sites for hydroxylation is 1. The largest absolute Gasteiger partial charge is 0.346 e. The van der Waals surface area contributed by atoms with Gasteiger partial charge in [0.15, 0.2) is 0 Å². The second-order valence-corrected chi connectivity index (χ2v) is 9.30. The molecule has 1 amide bonds. The van der Waals surface area contributed by atoms with E-state index in [0.717, 1.165) is 21.8 Å². The van der Waals surface area contributed by atoms with Crippen molar-refractivity contribution in [1.82, 2.24) is 20.0 Å². The molecule has 0 aliphatic rings. The number of hydrogen-bond donors (Lipinski definition) is 2. The third-order valence-electron chi connectivity index (χ3n) is 4.28. The minimum atomic E-state index is -3.78. The maximum absolute atomic E-state index is 12.5. The summed E-state index contributed by atoms with van der Waals surface area (Å²) in [6, 6.07) is 8.91. The molecule has 29 heavy (non-hydrogen) atoms. The van der Waals surface area contributed by atoms with Crippen LogP contribution in [-0.4, -0.2) is 30.3 Å². The molecule has 0 aliphatic carbocycles. The molecule has 0 bridgehead atoms. The second-order valence-electron chi connectivity index (χ2n) is 6.69. The summed E-state index contributed by atoms with van der Waals surface area (Å²) in [7, 11) is -3.78. The van der Waals surface area contributed by atoms with Crippen molar-refractivity contribution < 1.29 is 13.2 Å². The van der Waals surface area contributed by atoms with E-state index >= 15 is 0 Å². The van der Waals surface area contributed by atoms with Gasteiger partial charge in [-0.15, -0.1) is 11.3 Å². The average molecular weight is 431 g/mol. The number of rotatable bonds is 7. The summed E-state index contributed by atoms with van der Waals surface area (Å²) in [5, 5.41) is 5.46. The van der Waals surface area contributed by atoms with Gasteiger partial charge in [0, 0.05) is 23.3 Å². The Bertz CT molecular complexity index is 1080. The van der Waals surface area contributed by atoms with Gasteiger partial charge in [-0.1, -0.05) is 17.7 Å². The predicted octanol–water partition coefficient (Wildman–Crippen LogP) is 3.06. The molecule has 0 fully saturated rings. The summed E-state index contributed by atoms with van der Waals surface area (Å²) in [5.74, 6) is -0.422. The fourth-order valence-corrected chi connectivity index (χ4v) is 4.65. The van der Waals surface area contributed by atoms with Crippen LogP contribution in [0.25, 0.3) is 11.3 Å². The van der Waals surface area contributed by atoms with E-state index in [1.165, 1.54) is 30.4 Å². The zero-order valence-corrected chi connectivity index (χ0v) is 17.9. The van der Waals surface area contributed by atoms with Gasteiger partial charge in [0.1, 0.15) is 5.01 Å². The maximum atomic E-state index is 12.5. The predicted molar refractivity (Wildman–Crippen MR) is 113 cm³/mol. The Kier molecular flexibility index (Phi) is 6.41. The molecule has 152 valence electrons. The lowest BCUT2D eigenvalue weighted by atomic mass is 10.2. The number of nitrogens with zero attached hydrogens (tertiary/aromatic N) is 2.